The van der Waals surface area contributed by atoms with Crippen LogP contribution in [0.2, 0.25) is 0 Å². The van der Waals surface area contributed by atoms with Crippen LogP contribution in [0.3, 0.4) is 0 Å². The third-order valence-electron chi connectivity index (χ3n) is 4.37. The number of nitrogens with one attached hydrogen (secondary N) is 2. The highest BCUT2D eigenvalue weighted by atomic mass is 19.1. The van der Waals surface area contributed by atoms with E-state index in [2.05, 4.69) is 15.6 Å². The van der Waals surface area contributed by atoms with E-state index in [9.17, 15) is 9.18 Å². The quantitative estimate of drug-likeness (QED) is 0.853. The molecule has 1 aromatic carbocycles. The Kier molecular flexibility index (Phi) is 5.41. The second-order valence-corrected chi connectivity index (χ2v) is 6.19. The number of hydrogen-bond donors (Lipinski definition) is 2. The Hall–Kier alpha value is -2.43. The van der Waals surface area contributed by atoms with Gasteiger partial charge < -0.3 is 10.6 Å². The van der Waals surface area contributed by atoms with Gasteiger partial charge in [-0.3, -0.25) is 9.78 Å². The molecule has 0 aliphatic heterocycles. The molecule has 0 saturated heterocycles. The lowest BCUT2D eigenvalue weighted by molar-refractivity contribution is 0.0937. The van der Waals surface area contributed by atoms with Crippen molar-refractivity contribution in [1.29, 1.82) is 0 Å². The van der Waals surface area contributed by atoms with E-state index in [0.717, 1.165) is 18.5 Å². The summed E-state index contributed by atoms with van der Waals surface area (Å²) in [5.74, 6) is -0.269. The molecule has 1 aromatic heterocycles. The van der Waals surface area contributed by atoms with Crippen LogP contribution in [0.4, 0.5) is 10.1 Å². The van der Waals surface area contributed by atoms with Crippen LogP contribution in [-0.4, -0.2) is 23.5 Å². The first-order chi connectivity index (χ1) is 11.7. The average molecular weight is 327 g/mol. The number of carbonyl (C=O) groups is 1. The fraction of sp³-hybridized carbons (Fsp3) is 0.368. The van der Waals surface area contributed by atoms with E-state index in [0.29, 0.717) is 24.1 Å². The van der Waals surface area contributed by atoms with Crippen molar-refractivity contribution in [2.24, 2.45) is 0 Å². The van der Waals surface area contributed by atoms with E-state index < -0.39 is 0 Å². The average Bonchev–Trinajstić information content (AvgIpc) is 3.10. The third-order valence-corrected chi connectivity index (χ3v) is 4.37. The molecule has 1 heterocycles. The molecule has 0 radical (unpaired) electrons. The number of benzene rings is 1. The number of nitrogens with zero attached hydrogens (tertiary/aromatic N) is 1. The zero-order valence-corrected chi connectivity index (χ0v) is 13.6. The molecule has 4 nitrogen and oxygen atoms in total. The second kappa shape index (κ2) is 7.90. The van der Waals surface area contributed by atoms with Gasteiger partial charge in [-0.1, -0.05) is 31.0 Å². The second-order valence-electron chi connectivity index (χ2n) is 6.19. The minimum atomic E-state index is -0.192. The first-order valence-corrected chi connectivity index (χ1v) is 8.45. The van der Waals surface area contributed by atoms with Crippen LogP contribution in [0.5, 0.6) is 0 Å². The number of amides is 1. The van der Waals surface area contributed by atoms with E-state index in [1.807, 2.05) is 6.07 Å². The van der Waals surface area contributed by atoms with Crippen molar-refractivity contribution in [3.63, 3.8) is 0 Å². The van der Waals surface area contributed by atoms with Crippen LogP contribution in [0.15, 0.2) is 42.7 Å². The molecule has 1 amide bonds. The standard InChI is InChI=1S/C19H22FN3O/c20-18-8-4-1-5-14(18)9-10-22-17-11-15(12-21-13-17)19(24)23-16-6-2-3-7-16/h1,4-5,8,11-13,16,22H,2-3,6-7,9-10H2,(H,23,24). The minimum Gasteiger partial charge on any atom is -0.383 e. The zero-order valence-electron chi connectivity index (χ0n) is 13.6. The van der Waals surface area contributed by atoms with Crippen molar-refractivity contribution in [2.75, 3.05) is 11.9 Å². The van der Waals surface area contributed by atoms with E-state index in [1.165, 1.54) is 18.9 Å². The van der Waals surface area contributed by atoms with Crippen LogP contribution in [0, 0.1) is 5.82 Å². The molecule has 1 saturated carbocycles. The summed E-state index contributed by atoms with van der Waals surface area (Å²) in [5.41, 5.74) is 2.00. The Labute approximate surface area is 141 Å². The van der Waals surface area contributed by atoms with Crippen molar-refractivity contribution >= 4 is 11.6 Å². The molecular formula is C19H22FN3O. The molecule has 2 aromatic rings. The summed E-state index contributed by atoms with van der Waals surface area (Å²) in [6.07, 6.45) is 8.30. The van der Waals surface area contributed by atoms with Crippen LogP contribution in [-0.2, 0) is 6.42 Å². The normalized spacial score (nSPS) is 14.5. The first-order valence-electron chi connectivity index (χ1n) is 8.45. The Morgan fingerprint density at radius 3 is 2.79 bits per heavy atom. The molecule has 0 bridgehead atoms. The van der Waals surface area contributed by atoms with E-state index >= 15 is 0 Å². The van der Waals surface area contributed by atoms with Crippen LogP contribution in [0.1, 0.15) is 41.6 Å². The van der Waals surface area contributed by atoms with Crippen molar-refractivity contribution in [2.45, 2.75) is 38.1 Å². The maximum atomic E-state index is 13.6. The minimum absolute atomic E-state index is 0.0767. The molecule has 24 heavy (non-hydrogen) atoms. The summed E-state index contributed by atoms with van der Waals surface area (Å²) in [6.45, 7) is 0.580. The summed E-state index contributed by atoms with van der Waals surface area (Å²) in [4.78, 5) is 16.4. The summed E-state index contributed by atoms with van der Waals surface area (Å²) >= 11 is 0. The first kappa shape index (κ1) is 16.4. The van der Waals surface area contributed by atoms with E-state index in [4.69, 9.17) is 0 Å². The van der Waals surface area contributed by atoms with Crippen molar-refractivity contribution in [3.8, 4) is 0 Å². The molecule has 2 N–H and O–H groups in total. The maximum Gasteiger partial charge on any atom is 0.253 e. The molecule has 1 aliphatic rings. The predicted molar refractivity (Wildman–Crippen MR) is 92.6 cm³/mol. The fourth-order valence-corrected chi connectivity index (χ4v) is 3.04. The third kappa shape index (κ3) is 4.31. The number of carbonyl (C=O) groups excluding carboxylic acids is 1. The molecule has 0 unspecified atom stereocenters. The number of aromatic nitrogens is 1. The summed E-state index contributed by atoms with van der Waals surface area (Å²) in [5, 5.41) is 6.26. The number of hydrogen-bond acceptors (Lipinski definition) is 3. The van der Waals surface area contributed by atoms with Gasteiger partial charge >= 0.3 is 0 Å². The van der Waals surface area contributed by atoms with Gasteiger partial charge in [0.05, 0.1) is 11.3 Å². The van der Waals surface area contributed by atoms with Gasteiger partial charge in [-0.15, -0.1) is 0 Å². The van der Waals surface area contributed by atoms with Crippen molar-refractivity contribution < 1.29 is 9.18 Å². The van der Waals surface area contributed by atoms with Crippen molar-refractivity contribution in [3.05, 3.63) is 59.7 Å². The fourth-order valence-electron chi connectivity index (χ4n) is 3.04. The van der Waals surface area contributed by atoms with Gasteiger partial charge in [0.1, 0.15) is 5.82 Å². The lowest BCUT2D eigenvalue weighted by Gasteiger charge is -2.12. The SMILES string of the molecule is O=C(NC1CCCC1)c1cncc(NCCc2ccccc2F)c1. The molecule has 0 spiro atoms. The lowest BCUT2D eigenvalue weighted by Crippen LogP contribution is -2.32. The molecule has 5 heteroatoms. The molecule has 3 rings (SSSR count). The van der Waals surface area contributed by atoms with Gasteiger partial charge in [0.2, 0.25) is 0 Å². The van der Waals surface area contributed by atoms with Gasteiger partial charge in [0, 0.05) is 25.0 Å². The van der Waals surface area contributed by atoms with Gasteiger partial charge in [-0.05, 0) is 37.0 Å². The van der Waals surface area contributed by atoms with Crippen LogP contribution < -0.4 is 10.6 Å². The van der Waals surface area contributed by atoms with Crippen LogP contribution in [0.25, 0.3) is 0 Å². The highest BCUT2D eigenvalue weighted by Gasteiger charge is 2.18. The molecule has 126 valence electrons. The molecule has 1 aliphatic carbocycles. The lowest BCUT2D eigenvalue weighted by atomic mass is 10.1. The number of pyridine rings is 1. The number of anilines is 1. The van der Waals surface area contributed by atoms with E-state index in [1.54, 1.807) is 30.6 Å². The zero-order chi connectivity index (χ0) is 16.8. The highest BCUT2D eigenvalue weighted by Crippen LogP contribution is 2.18. The molecular weight excluding hydrogens is 305 g/mol. The van der Waals surface area contributed by atoms with E-state index in [-0.39, 0.29) is 17.8 Å². The largest absolute Gasteiger partial charge is 0.383 e. The molecule has 0 atom stereocenters. The summed E-state index contributed by atoms with van der Waals surface area (Å²) in [7, 11) is 0. The molecule has 1 fully saturated rings. The van der Waals surface area contributed by atoms with Gasteiger partial charge in [0.15, 0.2) is 0 Å². The Balaban J connectivity index is 1.54. The monoisotopic (exact) mass is 327 g/mol. The van der Waals surface area contributed by atoms with Gasteiger partial charge in [0.25, 0.3) is 5.91 Å². The van der Waals surface area contributed by atoms with Gasteiger partial charge in [-0.2, -0.15) is 0 Å². The maximum absolute atomic E-state index is 13.6. The summed E-state index contributed by atoms with van der Waals surface area (Å²) in [6, 6.07) is 8.83. The Bertz CT molecular complexity index is 699. The number of halogens is 1. The van der Waals surface area contributed by atoms with Crippen LogP contribution >= 0.6 is 0 Å². The number of rotatable bonds is 6. The Morgan fingerprint density at radius 2 is 2.00 bits per heavy atom. The highest BCUT2D eigenvalue weighted by molar-refractivity contribution is 5.94. The van der Waals surface area contributed by atoms with Crippen molar-refractivity contribution in [1.82, 2.24) is 10.3 Å². The van der Waals surface area contributed by atoms with Gasteiger partial charge in [-0.25, -0.2) is 4.39 Å². The smallest absolute Gasteiger partial charge is 0.253 e. The predicted octanol–water partition coefficient (Wildman–Crippen LogP) is 3.55. The Morgan fingerprint density at radius 1 is 1.21 bits per heavy atom. The summed E-state index contributed by atoms with van der Waals surface area (Å²) < 4.78 is 13.6. The topological polar surface area (TPSA) is 54.0 Å².